The Balaban J connectivity index is 2.14. The summed E-state index contributed by atoms with van der Waals surface area (Å²) < 4.78 is 5.26. The van der Waals surface area contributed by atoms with E-state index in [9.17, 15) is 10.1 Å². The molecular formula is C19H19N3O2. The van der Waals surface area contributed by atoms with Crippen LogP contribution in [0.2, 0.25) is 0 Å². The van der Waals surface area contributed by atoms with Gasteiger partial charge < -0.3 is 15.4 Å². The van der Waals surface area contributed by atoms with Crippen molar-refractivity contribution in [1.82, 2.24) is 0 Å². The van der Waals surface area contributed by atoms with E-state index in [0.717, 1.165) is 11.1 Å². The molecule has 0 atom stereocenters. The van der Waals surface area contributed by atoms with Gasteiger partial charge in [0.2, 0.25) is 0 Å². The summed E-state index contributed by atoms with van der Waals surface area (Å²) >= 11 is 0. The Hall–Kier alpha value is -3.26. The molecule has 0 aliphatic rings. The maximum atomic E-state index is 12.2. The van der Waals surface area contributed by atoms with Gasteiger partial charge in [0.15, 0.2) is 0 Å². The van der Waals surface area contributed by atoms with Crippen LogP contribution >= 0.6 is 0 Å². The number of hydrogen-bond acceptors (Lipinski definition) is 4. The predicted octanol–water partition coefficient (Wildman–Crippen LogP) is 3.77. The molecular weight excluding hydrogens is 302 g/mol. The SMILES string of the molecule is COc1ccc(C)cc1N/C=C(/C#N)C(=O)Nc1ccc(C)cc1. The van der Waals surface area contributed by atoms with E-state index in [1.54, 1.807) is 19.2 Å². The maximum Gasteiger partial charge on any atom is 0.267 e. The average Bonchev–Trinajstić information content (AvgIpc) is 2.57. The lowest BCUT2D eigenvalue weighted by Gasteiger charge is -2.10. The molecule has 2 N–H and O–H groups in total. The fourth-order valence-corrected chi connectivity index (χ4v) is 2.07. The van der Waals surface area contributed by atoms with Gasteiger partial charge in [-0.1, -0.05) is 23.8 Å². The number of rotatable bonds is 5. The maximum absolute atomic E-state index is 12.2. The number of nitriles is 1. The first kappa shape index (κ1) is 17.1. The summed E-state index contributed by atoms with van der Waals surface area (Å²) in [5.41, 5.74) is 3.43. The molecule has 5 nitrogen and oxygen atoms in total. The van der Waals surface area contributed by atoms with Crippen molar-refractivity contribution in [3.05, 3.63) is 65.4 Å². The minimum absolute atomic E-state index is 0.0286. The van der Waals surface area contributed by atoms with Crippen molar-refractivity contribution in [2.75, 3.05) is 17.7 Å². The number of hydrogen-bond donors (Lipinski definition) is 2. The smallest absolute Gasteiger partial charge is 0.267 e. The monoisotopic (exact) mass is 321 g/mol. The first-order chi connectivity index (χ1) is 11.5. The first-order valence-corrected chi connectivity index (χ1v) is 7.43. The highest BCUT2D eigenvalue weighted by molar-refractivity contribution is 6.06. The van der Waals surface area contributed by atoms with E-state index >= 15 is 0 Å². The molecule has 1 amide bonds. The van der Waals surface area contributed by atoms with Crippen molar-refractivity contribution in [1.29, 1.82) is 5.26 Å². The molecule has 0 aliphatic heterocycles. The van der Waals surface area contributed by atoms with E-state index in [1.807, 2.05) is 50.2 Å². The molecule has 0 saturated heterocycles. The fourth-order valence-electron chi connectivity index (χ4n) is 2.07. The largest absolute Gasteiger partial charge is 0.495 e. The van der Waals surface area contributed by atoms with Gasteiger partial charge >= 0.3 is 0 Å². The molecule has 0 aliphatic carbocycles. The lowest BCUT2D eigenvalue weighted by molar-refractivity contribution is -0.112. The predicted molar refractivity (Wildman–Crippen MR) is 94.9 cm³/mol. The van der Waals surface area contributed by atoms with Crippen LogP contribution in [0.3, 0.4) is 0 Å². The minimum atomic E-state index is -0.472. The highest BCUT2D eigenvalue weighted by Gasteiger charge is 2.10. The Morgan fingerprint density at radius 3 is 2.42 bits per heavy atom. The normalized spacial score (nSPS) is 10.7. The van der Waals surface area contributed by atoms with Crippen LogP contribution in [0.5, 0.6) is 5.75 Å². The number of amides is 1. The molecule has 24 heavy (non-hydrogen) atoms. The standard InChI is InChI=1S/C19H19N3O2/c1-13-4-7-16(8-5-13)22-19(23)15(11-20)12-21-17-10-14(2)6-9-18(17)24-3/h4-10,12,21H,1-3H3,(H,22,23)/b15-12-. The molecule has 2 aromatic rings. The van der Waals surface area contributed by atoms with Crippen LogP contribution in [0.15, 0.2) is 54.2 Å². The molecule has 0 radical (unpaired) electrons. The first-order valence-electron chi connectivity index (χ1n) is 7.43. The van der Waals surface area contributed by atoms with Gasteiger partial charge in [-0.05, 0) is 43.7 Å². The minimum Gasteiger partial charge on any atom is -0.495 e. The molecule has 0 fully saturated rings. The Kier molecular flexibility index (Phi) is 5.58. The highest BCUT2D eigenvalue weighted by Crippen LogP contribution is 2.25. The molecule has 0 saturated carbocycles. The van der Waals surface area contributed by atoms with Crippen LogP contribution in [0.1, 0.15) is 11.1 Å². The van der Waals surface area contributed by atoms with E-state index in [-0.39, 0.29) is 5.57 Å². The number of nitrogens with zero attached hydrogens (tertiary/aromatic N) is 1. The third kappa shape index (κ3) is 4.37. The van der Waals surface area contributed by atoms with Gasteiger partial charge in [-0.25, -0.2) is 0 Å². The lowest BCUT2D eigenvalue weighted by atomic mass is 10.2. The number of nitrogens with one attached hydrogen (secondary N) is 2. The molecule has 0 unspecified atom stereocenters. The molecule has 122 valence electrons. The highest BCUT2D eigenvalue weighted by atomic mass is 16.5. The van der Waals surface area contributed by atoms with Crippen molar-refractivity contribution in [2.24, 2.45) is 0 Å². The zero-order valence-electron chi connectivity index (χ0n) is 13.9. The number of ether oxygens (including phenoxy) is 1. The lowest BCUT2D eigenvalue weighted by Crippen LogP contribution is -2.14. The van der Waals surface area contributed by atoms with Crippen molar-refractivity contribution < 1.29 is 9.53 Å². The topological polar surface area (TPSA) is 74.1 Å². The van der Waals surface area contributed by atoms with E-state index in [2.05, 4.69) is 10.6 Å². The van der Waals surface area contributed by atoms with Crippen LogP contribution < -0.4 is 15.4 Å². The third-order valence-corrected chi connectivity index (χ3v) is 3.40. The van der Waals surface area contributed by atoms with Gasteiger partial charge in [0.25, 0.3) is 5.91 Å². The quantitative estimate of drug-likeness (QED) is 0.649. The van der Waals surface area contributed by atoms with Crippen molar-refractivity contribution in [3.63, 3.8) is 0 Å². The summed E-state index contributed by atoms with van der Waals surface area (Å²) in [5.74, 6) is 0.161. The van der Waals surface area contributed by atoms with Crippen LogP contribution in [-0.4, -0.2) is 13.0 Å². The average molecular weight is 321 g/mol. The summed E-state index contributed by atoms with van der Waals surface area (Å²) in [6.45, 7) is 3.91. The Labute approximate surface area is 141 Å². The molecule has 0 spiro atoms. The summed E-state index contributed by atoms with van der Waals surface area (Å²) in [6.07, 6.45) is 1.38. The van der Waals surface area contributed by atoms with Gasteiger partial charge in [0.1, 0.15) is 17.4 Å². The molecule has 2 rings (SSSR count). The molecule has 0 aromatic heterocycles. The fraction of sp³-hybridized carbons (Fsp3) is 0.158. The number of aryl methyl sites for hydroxylation is 2. The van der Waals surface area contributed by atoms with Crippen molar-refractivity contribution in [2.45, 2.75) is 13.8 Å². The van der Waals surface area contributed by atoms with Crippen LogP contribution in [0.4, 0.5) is 11.4 Å². The van der Waals surface area contributed by atoms with E-state index < -0.39 is 5.91 Å². The second-order valence-electron chi connectivity index (χ2n) is 5.34. The van der Waals surface area contributed by atoms with Gasteiger partial charge in [0, 0.05) is 11.9 Å². The number of benzene rings is 2. The van der Waals surface area contributed by atoms with Crippen molar-refractivity contribution >= 4 is 17.3 Å². The zero-order valence-corrected chi connectivity index (χ0v) is 13.9. The Bertz CT molecular complexity index is 802. The van der Waals surface area contributed by atoms with Crippen LogP contribution in [0, 0.1) is 25.2 Å². The van der Waals surface area contributed by atoms with E-state index in [1.165, 1.54) is 6.20 Å². The summed E-state index contributed by atoms with van der Waals surface area (Å²) in [6, 6.07) is 14.9. The van der Waals surface area contributed by atoms with Gasteiger partial charge in [-0.3, -0.25) is 4.79 Å². The molecule has 2 aromatic carbocycles. The van der Waals surface area contributed by atoms with Gasteiger partial charge in [-0.2, -0.15) is 5.26 Å². The van der Waals surface area contributed by atoms with Crippen LogP contribution in [0.25, 0.3) is 0 Å². The van der Waals surface area contributed by atoms with E-state index in [4.69, 9.17) is 4.74 Å². The van der Waals surface area contributed by atoms with Crippen molar-refractivity contribution in [3.8, 4) is 11.8 Å². The summed E-state index contributed by atoms with van der Waals surface area (Å²) in [5, 5.41) is 14.9. The summed E-state index contributed by atoms with van der Waals surface area (Å²) in [4.78, 5) is 12.2. The van der Waals surface area contributed by atoms with E-state index in [0.29, 0.717) is 17.1 Å². The summed E-state index contributed by atoms with van der Waals surface area (Å²) in [7, 11) is 1.56. The van der Waals surface area contributed by atoms with Gasteiger partial charge in [0.05, 0.1) is 12.8 Å². The number of carbonyl (C=O) groups is 1. The Morgan fingerprint density at radius 1 is 1.12 bits per heavy atom. The molecule has 0 bridgehead atoms. The second-order valence-corrected chi connectivity index (χ2v) is 5.34. The second kappa shape index (κ2) is 7.84. The number of carbonyl (C=O) groups excluding carboxylic acids is 1. The van der Waals surface area contributed by atoms with Gasteiger partial charge in [-0.15, -0.1) is 0 Å². The third-order valence-electron chi connectivity index (χ3n) is 3.40. The number of anilines is 2. The zero-order chi connectivity index (χ0) is 17.5. The molecule has 5 heteroatoms. The molecule has 0 heterocycles. The van der Waals surface area contributed by atoms with Crippen LogP contribution in [-0.2, 0) is 4.79 Å². The number of methoxy groups -OCH3 is 1. The Morgan fingerprint density at radius 2 is 1.79 bits per heavy atom.